The molecule has 0 aliphatic carbocycles. The molecule has 0 aliphatic heterocycles. The van der Waals surface area contributed by atoms with Gasteiger partial charge in [-0.3, -0.25) is 0 Å². The first-order valence-electron chi connectivity index (χ1n) is 5.32. The molecule has 108 valence electrons. The predicted molar refractivity (Wildman–Crippen MR) is 56.3 cm³/mol. The first-order chi connectivity index (χ1) is 8.79. The maximum atomic E-state index is 13.1. The number of alkyl halides is 3. The quantitative estimate of drug-likeness (QED) is 0.491. The molecule has 0 atom stereocenters. The Morgan fingerprint density at radius 3 is 2.42 bits per heavy atom. The van der Waals surface area contributed by atoms with Crippen molar-refractivity contribution >= 4 is 5.69 Å². The summed E-state index contributed by atoms with van der Waals surface area (Å²) in [6, 6.07) is 1.15. The fraction of sp³-hybridized carbons (Fsp3) is 0.455. The van der Waals surface area contributed by atoms with E-state index in [-0.39, 0.29) is 25.3 Å². The van der Waals surface area contributed by atoms with Crippen molar-refractivity contribution in [1.29, 1.82) is 0 Å². The zero-order valence-electron chi connectivity index (χ0n) is 9.66. The van der Waals surface area contributed by atoms with Gasteiger partial charge < -0.3 is 10.1 Å². The number of hydrogen-bond donors (Lipinski definition) is 1. The lowest BCUT2D eigenvalue weighted by Crippen LogP contribution is -2.18. The molecule has 0 bridgehead atoms. The van der Waals surface area contributed by atoms with E-state index in [0.717, 1.165) is 6.07 Å². The molecular formula is C11H11F6NO. The van der Waals surface area contributed by atoms with Crippen molar-refractivity contribution < 1.29 is 31.1 Å². The molecule has 1 rings (SSSR count). The number of rotatable bonds is 6. The molecule has 19 heavy (non-hydrogen) atoms. The summed E-state index contributed by atoms with van der Waals surface area (Å²) in [6.45, 7) is -1.54. The van der Waals surface area contributed by atoms with Crippen LogP contribution in [0.25, 0.3) is 0 Å². The molecule has 1 aromatic rings. The minimum atomic E-state index is -4.40. The van der Waals surface area contributed by atoms with E-state index in [4.69, 9.17) is 0 Å². The normalized spacial score (nSPS) is 11.7. The smallest absolute Gasteiger partial charge is 0.382 e. The first kappa shape index (κ1) is 15.6. The summed E-state index contributed by atoms with van der Waals surface area (Å²) >= 11 is 0. The summed E-state index contributed by atoms with van der Waals surface area (Å²) in [6.07, 6.45) is -4.27. The number of ether oxygens (including phenoxy) is 1. The van der Waals surface area contributed by atoms with Gasteiger partial charge in [0.2, 0.25) is 0 Å². The van der Waals surface area contributed by atoms with E-state index in [1.54, 1.807) is 0 Å². The van der Waals surface area contributed by atoms with Crippen LogP contribution < -0.4 is 5.32 Å². The molecule has 0 spiro atoms. The van der Waals surface area contributed by atoms with Gasteiger partial charge in [-0.1, -0.05) is 0 Å². The Morgan fingerprint density at radius 1 is 1.11 bits per heavy atom. The van der Waals surface area contributed by atoms with Crippen LogP contribution in [0, 0.1) is 17.5 Å². The van der Waals surface area contributed by atoms with Crippen molar-refractivity contribution in [3.63, 3.8) is 0 Å². The molecule has 0 unspecified atom stereocenters. The van der Waals surface area contributed by atoms with Crippen LogP contribution in [0.3, 0.4) is 0 Å². The Hall–Kier alpha value is -1.44. The van der Waals surface area contributed by atoms with E-state index in [1.807, 2.05) is 0 Å². The molecule has 0 aromatic heterocycles. The van der Waals surface area contributed by atoms with Gasteiger partial charge in [0.1, 0.15) is 12.4 Å². The predicted octanol–water partition coefficient (Wildman–Crippen LogP) is 3.48. The van der Waals surface area contributed by atoms with Gasteiger partial charge in [0.25, 0.3) is 0 Å². The lowest BCUT2D eigenvalue weighted by Gasteiger charge is -2.09. The standard InChI is InChI=1S/C11H11F6NO/c12-7-4-8(13)10(14)9(5-7)18-2-1-3-19-6-11(15,16)17/h4-5,18H,1-3,6H2. The van der Waals surface area contributed by atoms with Crippen LogP contribution in [0.5, 0.6) is 0 Å². The van der Waals surface area contributed by atoms with Crippen LogP contribution in [0.2, 0.25) is 0 Å². The van der Waals surface area contributed by atoms with Crippen molar-refractivity contribution in [3.05, 3.63) is 29.6 Å². The van der Waals surface area contributed by atoms with E-state index in [1.165, 1.54) is 0 Å². The van der Waals surface area contributed by atoms with E-state index < -0.39 is 30.2 Å². The van der Waals surface area contributed by atoms with Crippen molar-refractivity contribution in [2.24, 2.45) is 0 Å². The maximum Gasteiger partial charge on any atom is 0.411 e. The molecule has 0 amide bonds. The van der Waals surface area contributed by atoms with Gasteiger partial charge in [0.15, 0.2) is 11.6 Å². The molecule has 0 heterocycles. The van der Waals surface area contributed by atoms with Crippen LogP contribution in [0.4, 0.5) is 32.0 Å². The molecular weight excluding hydrogens is 276 g/mol. The van der Waals surface area contributed by atoms with Gasteiger partial charge in [-0.05, 0) is 6.42 Å². The Morgan fingerprint density at radius 2 is 1.79 bits per heavy atom. The average molecular weight is 287 g/mol. The van der Waals surface area contributed by atoms with E-state index >= 15 is 0 Å². The van der Waals surface area contributed by atoms with Crippen LogP contribution in [-0.4, -0.2) is 25.9 Å². The van der Waals surface area contributed by atoms with Crippen LogP contribution >= 0.6 is 0 Å². The fourth-order valence-electron chi connectivity index (χ4n) is 1.27. The lowest BCUT2D eigenvalue weighted by atomic mass is 10.2. The zero-order valence-corrected chi connectivity index (χ0v) is 9.66. The van der Waals surface area contributed by atoms with Gasteiger partial charge in [-0.15, -0.1) is 0 Å². The molecule has 0 radical (unpaired) electrons. The third-order valence-corrected chi connectivity index (χ3v) is 2.04. The highest BCUT2D eigenvalue weighted by molar-refractivity contribution is 5.45. The first-order valence-corrected chi connectivity index (χ1v) is 5.32. The Labute approximate surface area is 105 Å². The Kier molecular flexibility index (Phi) is 5.46. The largest absolute Gasteiger partial charge is 0.411 e. The second-order valence-corrected chi connectivity index (χ2v) is 3.70. The summed E-state index contributed by atoms with van der Waals surface area (Å²) < 4.78 is 78.1. The zero-order chi connectivity index (χ0) is 14.5. The minimum Gasteiger partial charge on any atom is -0.382 e. The van der Waals surface area contributed by atoms with Crippen molar-refractivity contribution in [3.8, 4) is 0 Å². The van der Waals surface area contributed by atoms with Gasteiger partial charge in [-0.2, -0.15) is 13.2 Å². The minimum absolute atomic E-state index is 0.0255. The fourth-order valence-corrected chi connectivity index (χ4v) is 1.27. The van der Waals surface area contributed by atoms with Crippen LogP contribution in [0.15, 0.2) is 12.1 Å². The SMILES string of the molecule is Fc1cc(F)c(F)c(NCCCOCC(F)(F)F)c1. The van der Waals surface area contributed by atoms with Gasteiger partial charge in [0.05, 0.1) is 5.69 Å². The topological polar surface area (TPSA) is 21.3 Å². The average Bonchev–Trinajstić information content (AvgIpc) is 2.28. The third kappa shape index (κ3) is 5.82. The van der Waals surface area contributed by atoms with Gasteiger partial charge in [0, 0.05) is 25.3 Å². The number of hydrogen-bond acceptors (Lipinski definition) is 2. The number of halogens is 6. The summed E-state index contributed by atoms with van der Waals surface area (Å²) in [5, 5.41) is 2.38. The molecule has 0 saturated carbocycles. The maximum absolute atomic E-state index is 13.1. The van der Waals surface area contributed by atoms with E-state index in [0.29, 0.717) is 6.07 Å². The van der Waals surface area contributed by atoms with Crippen LogP contribution in [0.1, 0.15) is 6.42 Å². The Bertz CT molecular complexity index is 420. The molecule has 0 saturated heterocycles. The molecule has 0 aliphatic rings. The number of benzene rings is 1. The Balaban J connectivity index is 2.30. The van der Waals surface area contributed by atoms with E-state index in [9.17, 15) is 26.3 Å². The number of nitrogens with one attached hydrogen (secondary N) is 1. The van der Waals surface area contributed by atoms with Gasteiger partial charge >= 0.3 is 6.18 Å². The molecule has 0 fully saturated rings. The van der Waals surface area contributed by atoms with Crippen LogP contribution in [-0.2, 0) is 4.74 Å². The lowest BCUT2D eigenvalue weighted by molar-refractivity contribution is -0.173. The monoisotopic (exact) mass is 287 g/mol. The summed E-state index contributed by atoms with van der Waals surface area (Å²) in [7, 11) is 0. The van der Waals surface area contributed by atoms with Gasteiger partial charge in [-0.25, -0.2) is 13.2 Å². The van der Waals surface area contributed by atoms with E-state index in [2.05, 4.69) is 10.1 Å². The third-order valence-electron chi connectivity index (χ3n) is 2.04. The van der Waals surface area contributed by atoms with Crippen molar-refractivity contribution in [2.75, 3.05) is 25.1 Å². The van der Waals surface area contributed by atoms with Crippen molar-refractivity contribution in [2.45, 2.75) is 12.6 Å². The summed E-state index contributed by atoms with van der Waals surface area (Å²) in [5.41, 5.74) is -0.381. The second-order valence-electron chi connectivity index (χ2n) is 3.70. The highest BCUT2D eigenvalue weighted by atomic mass is 19.4. The molecule has 8 heteroatoms. The van der Waals surface area contributed by atoms with Crippen molar-refractivity contribution in [1.82, 2.24) is 0 Å². The number of anilines is 1. The summed E-state index contributed by atoms with van der Waals surface area (Å²) in [5.74, 6) is -3.52. The highest BCUT2D eigenvalue weighted by Gasteiger charge is 2.27. The molecule has 1 aromatic carbocycles. The summed E-state index contributed by atoms with van der Waals surface area (Å²) in [4.78, 5) is 0. The highest BCUT2D eigenvalue weighted by Crippen LogP contribution is 2.19. The second kappa shape index (κ2) is 6.65. The molecule has 1 N–H and O–H groups in total. The molecule has 2 nitrogen and oxygen atoms in total.